The number of nitrogens with zero attached hydrogens (tertiary/aromatic N) is 1. The molecule has 1 atom stereocenters. The average Bonchev–Trinajstić information content (AvgIpc) is 2.44. The summed E-state index contributed by atoms with van der Waals surface area (Å²) in [6.45, 7) is 2.50. The molecule has 1 aromatic carbocycles. The van der Waals surface area contributed by atoms with Crippen molar-refractivity contribution in [1.29, 1.82) is 0 Å². The number of hydrogen-bond acceptors (Lipinski definition) is 10. The molecule has 0 aliphatic heterocycles. The number of hydrogen-bond donors (Lipinski definition) is 9. The van der Waals surface area contributed by atoms with E-state index in [1.807, 2.05) is 0 Å². The van der Waals surface area contributed by atoms with Crippen molar-refractivity contribution in [2.75, 3.05) is 0 Å². The van der Waals surface area contributed by atoms with Gasteiger partial charge in [0.1, 0.15) is 0 Å². The highest BCUT2D eigenvalue weighted by molar-refractivity contribution is 6.30. The summed E-state index contributed by atoms with van der Waals surface area (Å²) < 4.78 is 0. The van der Waals surface area contributed by atoms with Gasteiger partial charge in [-0.3, -0.25) is 0 Å². The molecule has 0 amide bonds. The van der Waals surface area contributed by atoms with E-state index in [0.29, 0.717) is 11.4 Å². The van der Waals surface area contributed by atoms with Crippen molar-refractivity contribution in [1.82, 2.24) is 4.90 Å². The van der Waals surface area contributed by atoms with Crippen LogP contribution < -0.4 is 0 Å². The minimum absolute atomic E-state index is 0.00336. The first-order valence-electron chi connectivity index (χ1n) is 8.59. The van der Waals surface area contributed by atoms with Crippen molar-refractivity contribution in [3.63, 3.8) is 0 Å². The fourth-order valence-corrected chi connectivity index (χ4v) is 4.03. The number of benzene rings is 1. The second-order valence-electron chi connectivity index (χ2n) is 7.53. The van der Waals surface area contributed by atoms with Gasteiger partial charge in [-0.25, -0.2) is 0 Å². The molecule has 9 N–H and O–H groups in total. The molecule has 0 radical (unpaired) electrons. The fourth-order valence-electron chi connectivity index (χ4n) is 3.91. The van der Waals surface area contributed by atoms with Crippen LogP contribution in [0.4, 0.5) is 0 Å². The highest BCUT2D eigenvalue weighted by Gasteiger charge is 2.75. The van der Waals surface area contributed by atoms with E-state index in [0.717, 1.165) is 0 Å². The van der Waals surface area contributed by atoms with Gasteiger partial charge in [-0.2, -0.15) is 0 Å². The summed E-state index contributed by atoms with van der Waals surface area (Å²) in [6, 6.07) is 5.70. The third-order valence-corrected chi connectivity index (χ3v) is 5.76. The second kappa shape index (κ2) is 7.11. The first kappa shape index (κ1) is 23.4. The summed E-state index contributed by atoms with van der Waals surface area (Å²) in [5, 5.41) is 91.8. The fraction of sp³-hybridized carbons (Fsp3) is 0.647. The van der Waals surface area contributed by atoms with Crippen LogP contribution in [0.25, 0.3) is 0 Å². The zero-order chi connectivity index (χ0) is 21.8. The summed E-state index contributed by atoms with van der Waals surface area (Å²) in [5.41, 5.74) is -4.96. The quantitative estimate of drug-likeness (QED) is 0.228. The van der Waals surface area contributed by atoms with Crippen molar-refractivity contribution in [2.24, 2.45) is 5.92 Å². The largest absolute Gasteiger partial charge is 0.369 e. The lowest BCUT2D eigenvalue weighted by Gasteiger charge is -2.63. The van der Waals surface area contributed by atoms with E-state index in [1.54, 1.807) is 0 Å². The molecule has 0 heterocycles. The van der Waals surface area contributed by atoms with Crippen molar-refractivity contribution >= 4 is 11.6 Å². The summed E-state index contributed by atoms with van der Waals surface area (Å²) in [7, 11) is 0. The first-order chi connectivity index (χ1) is 12.5. The Labute approximate surface area is 166 Å². The smallest absolute Gasteiger partial charge is 0.354 e. The third kappa shape index (κ3) is 3.44. The van der Waals surface area contributed by atoms with Crippen LogP contribution in [0.3, 0.4) is 0 Å². The van der Waals surface area contributed by atoms with Crippen molar-refractivity contribution in [3.05, 3.63) is 34.9 Å². The van der Waals surface area contributed by atoms with E-state index < -0.39 is 39.9 Å². The maximum atomic E-state index is 11.6. The summed E-state index contributed by atoms with van der Waals surface area (Å²) in [6.07, 6.45) is -8.11. The number of rotatable bonds is 7. The average molecular weight is 424 g/mol. The molecule has 1 aromatic rings. The van der Waals surface area contributed by atoms with Gasteiger partial charge in [0.05, 0.1) is 0 Å². The SMILES string of the molecule is CC(C)C(O)(O)C(O)(N(C(O)(O)O)C(O)(O)O)C1(c2ccc(Cl)cc2)CCC1. The van der Waals surface area contributed by atoms with E-state index in [9.17, 15) is 46.0 Å². The Bertz CT molecular complexity index is 678. The predicted molar refractivity (Wildman–Crippen MR) is 94.6 cm³/mol. The molecule has 2 rings (SSSR count). The van der Waals surface area contributed by atoms with Gasteiger partial charge in [0.2, 0.25) is 5.79 Å². The van der Waals surface area contributed by atoms with E-state index >= 15 is 0 Å². The van der Waals surface area contributed by atoms with Crippen LogP contribution in [-0.2, 0) is 5.41 Å². The number of aliphatic hydroxyl groups is 9. The molecule has 1 unspecified atom stereocenters. The molecule has 1 fully saturated rings. The van der Waals surface area contributed by atoms with Crippen LogP contribution in [0, 0.1) is 5.92 Å². The highest BCUT2D eigenvalue weighted by Crippen LogP contribution is 2.58. The summed E-state index contributed by atoms with van der Waals surface area (Å²) >= 11 is 5.87. The van der Waals surface area contributed by atoms with Crippen LogP contribution in [-0.4, -0.2) is 74.6 Å². The molecular weight excluding hydrogens is 398 g/mol. The molecular formula is C17H26ClNO9. The molecule has 1 aliphatic carbocycles. The normalized spacial score (nSPS) is 20.2. The Balaban J connectivity index is 2.87. The molecule has 160 valence electrons. The lowest BCUT2D eigenvalue weighted by Crippen LogP contribution is -2.84. The van der Waals surface area contributed by atoms with Crippen LogP contribution >= 0.6 is 11.6 Å². The molecule has 0 spiro atoms. The van der Waals surface area contributed by atoms with E-state index in [4.69, 9.17) is 11.6 Å². The van der Waals surface area contributed by atoms with Gasteiger partial charge >= 0.3 is 12.2 Å². The van der Waals surface area contributed by atoms with Gasteiger partial charge in [0.25, 0.3) is 0 Å². The topological polar surface area (TPSA) is 185 Å². The summed E-state index contributed by atoms with van der Waals surface area (Å²) in [5.74, 6) is -4.53. The highest BCUT2D eigenvalue weighted by atomic mass is 35.5. The standard InChI is InChI=1S/C17H26ClNO9/c1-10(2)14(20,21)15(22,19(16(23,24)25)17(26,27)28)13(8-3-9-13)11-4-6-12(18)7-5-11/h4-7,10,20-28H,3,8-9H2,1-2H3. The Morgan fingerprint density at radius 1 is 0.857 bits per heavy atom. The molecule has 1 aliphatic rings. The molecule has 1 saturated carbocycles. The Morgan fingerprint density at radius 3 is 1.57 bits per heavy atom. The Kier molecular flexibility index (Phi) is 5.94. The number of halogens is 1. The van der Waals surface area contributed by atoms with Gasteiger partial charge in [0, 0.05) is 16.4 Å². The molecule has 10 nitrogen and oxygen atoms in total. The van der Waals surface area contributed by atoms with Crippen molar-refractivity contribution < 1.29 is 46.0 Å². The predicted octanol–water partition coefficient (Wildman–Crippen LogP) is -1.73. The van der Waals surface area contributed by atoms with Crippen molar-refractivity contribution in [2.45, 2.75) is 62.2 Å². The van der Waals surface area contributed by atoms with Crippen molar-refractivity contribution in [3.8, 4) is 0 Å². The zero-order valence-electron chi connectivity index (χ0n) is 15.4. The van der Waals surface area contributed by atoms with Gasteiger partial charge < -0.3 is 46.0 Å². The maximum Gasteiger partial charge on any atom is 0.354 e. The second-order valence-corrected chi connectivity index (χ2v) is 7.97. The Hall–Kier alpha value is -0.890. The van der Waals surface area contributed by atoms with Crippen LogP contribution in [0.15, 0.2) is 24.3 Å². The first-order valence-corrected chi connectivity index (χ1v) is 8.97. The van der Waals surface area contributed by atoms with Gasteiger partial charge in [-0.15, -0.1) is 4.90 Å². The van der Waals surface area contributed by atoms with Crippen LogP contribution in [0.5, 0.6) is 0 Å². The molecule has 0 aromatic heterocycles. The minimum Gasteiger partial charge on any atom is -0.369 e. The monoisotopic (exact) mass is 423 g/mol. The molecule has 28 heavy (non-hydrogen) atoms. The lowest BCUT2D eigenvalue weighted by molar-refractivity contribution is -0.575. The van der Waals surface area contributed by atoms with E-state index in [2.05, 4.69) is 0 Å². The van der Waals surface area contributed by atoms with Gasteiger partial charge in [-0.05, 0) is 30.5 Å². The molecule has 11 heteroatoms. The van der Waals surface area contributed by atoms with E-state index in [1.165, 1.54) is 38.1 Å². The molecule has 0 saturated heterocycles. The molecule has 0 bridgehead atoms. The third-order valence-electron chi connectivity index (χ3n) is 5.51. The van der Waals surface area contributed by atoms with Gasteiger partial charge in [0.15, 0.2) is 5.72 Å². The maximum absolute atomic E-state index is 11.6. The van der Waals surface area contributed by atoms with Crippen LogP contribution in [0.2, 0.25) is 5.02 Å². The van der Waals surface area contributed by atoms with Crippen LogP contribution in [0.1, 0.15) is 38.7 Å². The lowest BCUT2D eigenvalue weighted by atomic mass is 9.54. The zero-order valence-corrected chi connectivity index (χ0v) is 16.1. The summed E-state index contributed by atoms with van der Waals surface area (Å²) in [4.78, 5) is -0.763. The Morgan fingerprint density at radius 2 is 1.29 bits per heavy atom. The van der Waals surface area contributed by atoms with E-state index in [-0.39, 0.29) is 18.4 Å². The minimum atomic E-state index is -4.27. The van der Waals surface area contributed by atoms with Gasteiger partial charge in [-0.1, -0.05) is 44.0 Å².